The molecule has 102 valence electrons. The molecule has 20 heavy (non-hydrogen) atoms. The maximum Gasteiger partial charge on any atom is 0.0881 e. The van der Waals surface area contributed by atoms with Gasteiger partial charge in [0.05, 0.1) is 23.4 Å². The molecule has 0 fully saturated rings. The van der Waals surface area contributed by atoms with Crippen molar-refractivity contribution in [2.75, 3.05) is 5.32 Å². The Bertz CT molecular complexity index is 703. The zero-order chi connectivity index (χ0) is 13.9. The van der Waals surface area contributed by atoms with Gasteiger partial charge in [-0.3, -0.25) is 5.10 Å². The minimum Gasteiger partial charge on any atom is -0.377 e. The molecule has 1 aromatic heterocycles. The molecule has 4 heteroatoms. The second-order valence-corrected chi connectivity index (χ2v) is 5.71. The molecule has 0 radical (unpaired) electrons. The summed E-state index contributed by atoms with van der Waals surface area (Å²) in [6.07, 6.45) is 2.87. The number of para-hydroxylation sites is 1. The number of hydrogen-bond acceptors (Lipinski definition) is 2. The molecule has 1 unspecified atom stereocenters. The molecule has 0 aliphatic rings. The van der Waals surface area contributed by atoms with Crippen LogP contribution in [0.15, 0.2) is 53.1 Å². The number of nitrogens with one attached hydrogen (secondary N) is 2. The van der Waals surface area contributed by atoms with E-state index in [4.69, 9.17) is 0 Å². The number of H-pyrrole nitrogens is 1. The second kappa shape index (κ2) is 5.67. The normalized spacial score (nSPS) is 12.5. The minimum absolute atomic E-state index is 0.289. The fourth-order valence-electron chi connectivity index (χ4n) is 2.39. The predicted molar refractivity (Wildman–Crippen MR) is 86.9 cm³/mol. The van der Waals surface area contributed by atoms with E-state index >= 15 is 0 Å². The van der Waals surface area contributed by atoms with Crippen LogP contribution in [0.4, 0.5) is 5.69 Å². The van der Waals surface area contributed by atoms with Crippen molar-refractivity contribution in [3.05, 3.63) is 58.7 Å². The molecule has 0 amide bonds. The van der Waals surface area contributed by atoms with Gasteiger partial charge in [0.25, 0.3) is 0 Å². The van der Waals surface area contributed by atoms with Crippen molar-refractivity contribution in [2.24, 2.45) is 0 Å². The Balaban J connectivity index is 1.91. The highest BCUT2D eigenvalue weighted by Gasteiger charge is 2.11. The molecule has 2 aromatic carbocycles. The molecule has 0 saturated heterocycles. The first kappa shape index (κ1) is 13.2. The van der Waals surface area contributed by atoms with Gasteiger partial charge in [-0.15, -0.1) is 0 Å². The summed E-state index contributed by atoms with van der Waals surface area (Å²) in [5.41, 5.74) is 3.44. The number of rotatable bonds is 4. The number of benzene rings is 2. The number of nitrogens with zero attached hydrogens (tertiary/aromatic N) is 1. The van der Waals surface area contributed by atoms with Crippen molar-refractivity contribution in [2.45, 2.75) is 19.4 Å². The molecule has 1 heterocycles. The molecule has 0 bridgehead atoms. The fourth-order valence-corrected chi connectivity index (χ4v) is 2.66. The van der Waals surface area contributed by atoms with Crippen molar-refractivity contribution >= 4 is 32.5 Å². The van der Waals surface area contributed by atoms with Crippen LogP contribution in [0.5, 0.6) is 0 Å². The Morgan fingerprint density at radius 2 is 2.00 bits per heavy atom. The predicted octanol–water partition coefficient (Wildman–Crippen LogP) is 4.89. The monoisotopic (exact) mass is 329 g/mol. The zero-order valence-corrected chi connectivity index (χ0v) is 12.8. The number of aromatic nitrogens is 2. The third-order valence-corrected chi connectivity index (χ3v) is 4.02. The SMILES string of the molecule is CCC(Nc1cccc2cn[nH]c12)c1ccc(Br)cc1. The Hall–Kier alpha value is -1.81. The van der Waals surface area contributed by atoms with Gasteiger partial charge in [0, 0.05) is 9.86 Å². The van der Waals surface area contributed by atoms with Crippen LogP contribution in [-0.4, -0.2) is 10.2 Å². The van der Waals surface area contributed by atoms with Gasteiger partial charge in [-0.25, -0.2) is 0 Å². The molecule has 0 aliphatic carbocycles. The van der Waals surface area contributed by atoms with Gasteiger partial charge in [0.1, 0.15) is 0 Å². The van der Waals surface area contributed by atoms with Gasteiger partial charge in [-0.1, -0.05) is 47.1 Å². The Morgan fingerprint density at radius 3 is 2.75 bits per heavy atom. The smallest absolute Gasteiger partial charge is 0.0881 e. The summed E-state index contributed by atoms with van der Waals surface area (Å²) in [5, 5.41) is 11.9. The maximum atomic E-state index is 4.11. The van der Waals surface area contributed by atoms with Crippen LogP contribution >= 0.6 is 15.9 Å². The van der Waals surface area contributed by atoms with E-state index in [1.54, 1.807) is 0 Å². The zero-order valence-electron chi connectivity index (χ0n) is 11.2. The molecule has 3 rings (SSSR count). The van der Waals surface area contributed by atoms with Gasteiger partial charge in [-0.05, 0) is 30.2 Å². The van der Waals surface area contributed by atoms with Crippen LogP contribution < -0.4 is 5.32 Å². The third-order valence-electron chi connectivity index (χ3n) is 3.49. The first-order chi connectivity index (χ1) is 9.78. The van der Waals surface area contributed by atoms with Crippen molar-refractivity contribution in [3.8, 4) is 0 Å². The van der Waals surface area contributed by atoms with Crippen LogP contribution in [0.25, 0.3) is 10.9 Å². The second-order valence-electron chi connectivity index (χ2n) is 4.80. The average Bonchev–Trinajstić information content (AvgIpc) is 2.95. The Kier molecular flexibility index (Phi) is 3.74. The number of anilines is 1. The Morgan fingerprint density at radius 1 is 1.20 bits per heavy atom. The van der Waals surface area contributed by atoms with E-state index in [1.807, 2.05) is 6.20 Å². The topological polar surface area (TPSA) is 40.7 Å². The molecule has 0 aliphatic heterocycles. The number of aromatic amines is 1. The summed E-state index contributed by atoms with van der Waals surface area (Å²) in [7, 11) is 0. The van der Waals surface area contributed by atoms with Crippen LogP contribution in [0.2, 0.25) is 0 Å². The van der Waals surface area contributed by atoms with Crippen molar-refractivity contribution in [1.82, 2.24) is 10.2 Å². The largest absolute Gasteiger partial charge is 0.377 e. The maximum absolute atomic E-state index is 4.11. The summed E-state index contributed by atoms with van der Waals surface area (Å²) in [6, 6.07) is 14.9. The van der Waals surface area contributed by atoms with E-state index < -0.39 is 0 Å². The van der Waals surface area contributed by atoms with Gasteiger partial charge in [0.15, 0.2) is 0 Å². The van der Waals surface area contributed by atoms with Crippen LogP contribution in [0.3, 0.4) is 0 Å². The fraction of sp³-hybridized carbons (Fsp3) is 0.188. The van der Waals surface area contributed by atoms with Crippen molar-refractivity contribution < 1.29 is 0 Å². The minimum atomic E-state index is 0.289. The molecule has 0 spiro atoms. The lowest BCUT2D eigenvalue weighted by Crippen LogP contribution is -2.09. The van der Waals surface area contributed by atoms with E-state index in [-0.39, 0.29) is 6.04 Å². The molecule has 3 nitrogen and oxygen atoms in total. The van der Waals surface area contributed by atoms with E-state index in [2.05, 4.69) is 80.8 Å². The van der Waals surface area contributed by atoms with Crippen molar-refractivity contribution in [3.63, 3.8) is 0 Å². The average molecular weight is 330 g/mol. The van der Waals surface area contributed by atoms with Gasteiger partial charge in [0.2, 0.25) is 0 Å². The summed E-state index contributed by atoms with van der Waals surface area (Å²) in [6.45, 7) is 2.19. The first-order valence-electron chi connectivity index (χ1n) is 6.72. The third kappa shape index (κ3) is 2.56. The van der Waals surface area contributed by atoms with Gasteiger partial charge in [-0.2, -0.15) is 5.10 Å². The van der Waals surface area contributed by atoms with E-state index in [0.29, 0.717) is 0 Å². The van der Waals surface area contributed by atoms with E-state index in [0.717, 1.165) is 27.5 Å². The summed E-state index contributed by atoms with van der Waals surface area (Å²) < 4.78 is 1.10. The number of halogens is 1. The summed E-state index contributed by atoms with van der Waals surface area (Å²) >= 11 is 3.48. The molecule has 0 saturated carbocycles. The first-order valence-corrected chi connectivity index (χ1v) is 7.51. The summed E-state index contributed by atoms with van der Waals surface area (Å²) in [5.74, 6) is 0. The van der Waals surface area contributed by atoms with Crippen LogP contribution in [0.1, 0.15) is 24.9 Å². The number of hydrogen-bond donors (Lipinski definition) is 2. The van der Waals surface area contributed by atoms with Crippen LogP contribution in [0, 0.1) is 0 Å². The Labute approximate surface area is 126 Å². The van der Waals surface area contributed by atoms with E-state index in [9.17, 15) is 0 Å². The van der Waals surface area contributed by atoms with Gasteiger partial charge >= 0.3 is 0 Å². The summed E-state index contributed by atoms with van der Waals surface area (Å²) in [4.78, 5) is 0. The molecule has 3 aromatic rings. The quantitative estimate of drug-likeness (QED) is 0.715. The molecular formula is C16H16BrN3. The molecule has 2 N–H and O–H groups in total. The van der Waals surface area contributed by atoms with Crippen molar-refractivity contribution in [1.29, 1.82) is 0 Å². The molecule has 1 atom stereocenters. The highest BCUT2D eigenvalue weighted by molar-refractivity contribution is 9.10. The van der Waals surface area contributed by atoms with Gasteiger partial charge < -0.3 is 5.32 Å². The lowest BCUT2D eigenvalue weighted by molar-refractivity contribution is 0.750. The number of fused-ring (bicyclic) bond motifs is 1. The van der Waals surface area contributed by atoms with E-state index in [1.165, 1.54) is 5.56 Å². The lowest BCUT2D eigenvalue weighted by Gasteiger charge is -2.19. The highest BCUT2D eigenvalue weighted by Crippen LogP contribution is 2.27. The van der Waals surface area contributed by atoms with Crippen LogP contribution in [-0.2, 0) is 0 Å². The molecular weight excluding hydrogens is 314 g/mol. The lowest BCUT2D eigenvalue weighted by atomic mass is 10.0. The standard InChI is InChI=1S/C16H16BrN3/c1-2-14(11-6-8-13(17)9-7-11)19-15-5-3-4-12-10-18-20-16(12)15/h3-10,14,19H,2H2,1H3,(H,18,20). The highest BCUT2D eigenvalue weighted by atomic mass is 79.9.